The van der Waals surface area contributed by atoms with Crippen LogP contribution in [-0.2, 0) is 11.2 Å². The van der Waals surface area contributed by atoms with E-state index in [2.05, 4.69) is 10.3 Å². The number of nitrogens with zero attached hydrogens (tertiary/aromatic N) is 1. The zero-order valence-electron chi connectivity index (χ0n) is 18.1. The SMILES string of the molecule is Cc1ccccc1-c1cc2cc(CCC(=O)NCC3CCCCC3)c(N)nc2cc1F. The van der Waals surface area contributed by atoms with Crippen LogP contribution >= 0.6 is 0 Å². The van der Waals surface area contributed by atoms with Crippen molar-refractivity contribution >= 4 is 22.6 Å². The Balaban J connectivity index is 1.49. The molecule has 4 rings (SSSR count). The second-order valence-corrected chi connectivity index (χ2v) is 8.68. The predicted molar refractivity (Wildman–Crippen MR) is 124 cm³/mol. The molecular weight excluding hydrogens is 389 g/mol. The summed E-state index contributed by atoms with van der Waals surface area (Å²) in [4.78, 5) is 16.7. The Hall–Kier alpha value is -2.95. The van der Waals surface area contributed by atoms with Gasteiger partial charge in [-0.15, -0.1) is 0 Å². The number of hydrogen-bond acceptors (Lipinski definition) is 3. The van der Waals surface area contributed by atoms with Gasteiger partial charge in [-0.2, -0.15) is 0 Å². The smallest absolute Gasteiger partial charge is 0.220 e. The lowest BCUT2D eigenvalue weighted by molar-refractivity contribution is -0.121. The molecule has 1 aromatic heterocycles. The lowest BCUT2D eigenvalue weighted by Gasteiger charge is -2.21. The van der Waals surface area contributed by atoms with Gasteiger partial charge in [0.05, 0.1) is 5.52 Å². The minimum Gasteiger partial charge on any atom is -0.383 e. The summed E-state index contributed by atoms with van der Waals surface area (Å²) in [5.41, 5.74) is 9.90. The van der Waals surface area contributed by atoms with Crippen LogP contribution in [0.15, 0.2) is 42.5 Å². The van der Waals surface area contributed by atoms with Crippen molar-refractivity contribution in [3.05, 3.63) is 59.4 Å². The highest BCUT2D eigenvalue weighted by molar-refractivity contribution is 5.87. The summed E-state index contributed by atoms with van der Waals surface area (Å²) in [6, 6.07) is 12.9. The number of nitrogens with one attached hydrogen (secondary N) is 1. The van der Waals surface area contributed by atoms with Crippen LogP contribution in [0.3, 0.4) is 0 Å². The molecule has 1 heterocycles. The molecule has 1 aliphatic rings. The number of benzene rings is 2. The van der Waals surface area contributed by atoms with Gasteiger partial charge in [0.25, 0.3) is 0 Å². The van der Waals surface area contributed by atoms with Crippen LogP contribution in [0.2, 0.25) is 0 Å². The van der Waals surface area contributed by atoms with Crippen LogP contribution in [-0.4, -0.2) is 17.4 Å². The largest absolute Gasteiger partial charge is 0.383 e. The van der Waals surface area contributed by atoms with Gasteiger partial charge in [0, 0.05) is 30.0 Å². The Labute approximate surface area is 183 Å². The highest BCUT2D eigenvalue weighted by Crippen LogP contribution is 2.31. The van der Waals surface area contributed by atoms with E-state index in [-0.39, 0.29) is 11.7 Å². The first-order chi connectivity index (χ1) is 15.0. The number of anilines is 1. The third-order valence-electron chi connectivity index (χ3n) is 6.39. The first kappa shape index (κ1) is 21.3. The van der Waals surface area contributed by atoms with Gasteiger partial charge in [-0.25, -0.2) is 9.37 Å². The standard InChI is InChI=1S/C26H30FN3O/c1-17-7-5-6-10-21(17)22-14-20-13-19(26(28)30-24(20)15-23(22)27)11-12-25(31)29-16-18-8-3-2-4-9-18/h5-7,10,13-15,18H,2-4,8-9,11-12,16H2,1H3,(H2,28,30)(H,29,31). The monoisotopic (exact) mass is 419 g/mol. The van der Waals surface area contributed by atoms with Crippen LogP contribution in [0.1, 0.15) is 49.7 Å². The highest BCUT2D eigenvalue weighted by Gasteiger charge is 2.15. The summed E-state index contributed by atoms with van der Waals surface area (Å²) in [5.74, 6) is 0.698. The Morgan fingerprint density at radius 1 is 1.13 bits per heavy atom. The number of carbonyl (C=O) groups excluding carboxylic acids is 1. The van der Waals surface area contributed by atoms with E-state index in [0.29, 0.717) is 35.7 Å². The average Bonchev–Trinajstić information content (AvgIpc) is 2.77. The summed E-state index contributed by atoms with van der Waals surface area (Å²) in [6.45, 7) is 2.74. The second-order valence-electron chi connectivity index (χ2n) is 8.68. The minimum atomic E-state index is -0.316. The van der Waals surface area contributed by atoms with E-state index in [1.54, 1.807) is 0 Å². The number of halogens is 1. The normalized spacial score (nSPS) is 14.6. The molecule has 0 spiro atoms. The fraction of sp³-hybridized carbons (Fsp3) is 0.385. The molecule has 0 saturated heterocycles. The minimum absolute atomic E-state index is 0.0461. The number of nitrogens with two attached hydrogens (primary N) is 1. The van der Waals surface area contributed by atoms with Gasteiger partial charge in [-0.1, -0.05) is 43.5 Å². The molecule has 162 valence electrons. The Kier molecular flexibility index (Phi) is 6.50. The number of rotatable bonds is 6. The molecule has 0 aliphatic heterocycles. The summed E-state index contributed by atoms with van der Waals surface area (Å²) in [6.07, 6.45) is 7.16. The molecule has 2 aromatic carbocycles. The van der Waals surface area contributed by atoms with E-state index in [1.165, 1.54) is 38.2 Å². The van der Waals surface area contributed by atoms with Gasteiger partial charge in [-0.05, 0) is 60.9 Å². The fourth-order valence-corrected chi connectivity index (χ4v) is 4.52. The zero-order valence-corrected chi connectivity index (χ0v) is 18.1. The number of amides is 1. The maximum Gasteiger partial charge on any atom is 0.220 e. The number of carbonyl (C=O) groups is 1. The predicted octanol–water partition coefficient (Wildman–Crippen LogP) is 5.56. The van der Waals surface area contributed by atoms with E-state index in [9.17, 15) is 9.18 Å². The van der Waals surface area contributed by atoms with Gasteiger partial charge >= 0.3 is 0 Å². The van der Waals surface area contributed by atoms with Crippen LogP contribution < -0.4 is 11.1 Å². The fourth-order valence-electron chi connectivity index (χ4n) is 4.52. The van der Waals surface area contributed by atoms with Crippen molar-refractivity contribution in [3.8, 4) is 11.1 Å². The molecule has 1 amide bonds. The number of fused-ring (bicyclic) bond motifs is 1. The quantitative estimate of drug-likeness (QED) is 0.550. The topological polar surface area (TPSA) is 68.0 Å². The molecule has 1 aliphatic carbocycles. The third kappa shape index (κ3) is 5.04. The molecule has 3 N–H and O–H groups in total. The van der Waals surface area contributed by atoms with Crippen molar-refractivity contribution in [2.45, 2.75) is 51.9 Å². The van der Waals surface area contributed by atoms with Crippen LogP contribution in [0, 0.1) is 18.7 Å². The Morgan fingerprint density at radius 2 is 1.90 bits per heavy atom. The van der Waals surface area contributed by atoms with Crippen molar-refractivity contribution in [3.63, 3.8) is 0 Å². The summed E-state index contributed by atoms with van der Waals surface area (Å²) >= 11 is 0. The van der Waals surface area contributed by atoms with Gasteiger partial charge in [0.15, 0.2) is 0 Å². The van der Waals surface area contributed by atoms with E-state index in [4.69, 9.17) is 5.73 Å². The number of pyridine rings is 1. The molecule has 0 unspecified atom stereocenters. The molecule has 3 aromatic rings. The van der Waals surface area contributed by atoms with Crippen molar-refractivity contribution in [2.24, 2.45) is 5.92 Å². The second kappa shape index (κ2) is 9.46. The van der Waals surface area contributed by atoms with E-state index >= 15 is 0 Å². The van der Waals surface area contributed by atoms with Gasteiger partial charge < -0.3 is 11.1 Å². The molecule has 0 radical (unpaired) electrons. The van der Waals surface area contributed by atoms with E-state index < -0.39 is 0 Å². The van der Waals surface area contributed by atoms with Crippen LogP contribution in [0.5, 0.6) is 0 Å². The van der Waals surface area contributed by atoms with Gasteiger partial charge in [-0.3, -0.25) is 4.79 Å². The summed E-state index contributed by atoms with van der Waals surface area (Å²) in [7, 11) is 0. The number of aromatic nitrogens is 1. The van der Waals surface area contributed by atoms with Gasteiger partial charge in [0.1, 0.15) is 11.6 Å². The first-order valence-corrected chi connectivity index (χ1v) is 11.2. The van der Waals surface area contributed by atoms with Gasteiger partial charge in [0.2, 0.25) is 5.91 Å². The molecule has 1 fully saturated rings. The highest BCUT2D eigenvalue weighted by atomic mass is 19.1. The molecule has 0 atom stereocenters. The number of aryl methyl sites for hydroxylation is 2. The lowest BCUT2D eigenvalue weighted by atomic mass is 9.89. The zero-order chi connectivity index (χ0) is 21.8. The Morgan fingerprint density at radius 3 is 2.68 bits per heavy atom. The summed E-state index contributed by atoms with van der Waals surface area (Å²) < 4.78 is 14.8. The van der Waals surface area contributed by atoms with Crippen LogP contribution in [0.25, 0.3) is 22.0 Å². The summed E-state index contributed by atoms with van der Waals surface area (Å²) in [5, 5.41) is 3.90. The maximum absolute atomic E-state index is 14.8. The lowest BCUT2D eigenvalue weighted by Crippen LogP contribution is -2.30. The van der Waals surface area contributed by atoms with E-state index in [1.807, 2.05) is 43.3 Å². The van der Waals surface area contributed by atoms with Crippen molar-refractivity contribution in [1.82, 2.24) is 10.3 Å². The molecular formula is C26H30FN3O. The first-order valence-electron chi connectivity index (χ1n) is 11.2. The van der Waals surface area contributed by atoms with Crippen molar-refractivity contribution < 1.29 is 9.18 Å². The number of nitrogen functional groups attached to an aromatic ring is 1. The van der Waals surface area contributed by atoms with Crippen LogP contribution in [0.4, 0.5) is 10.2 Å². The van der Waals surface area contributed by atoms with Crippen molar-refractivity contribution in [2.75, 3.05) is 12.3 Å². The molecule has 4 nitrogen and oxygen atoms in total. The van der Waals surface area contributed by atoms with E-state index in [0.717, 1.165) is 28.6 Å². The average molecular weight is 420 g/mol. The third-order valence-corrected chi connectivity index (χ3v) is 6.39. The molecule has 5 heteroatoms. The molecule has 1 saturated carbocycles. The molecule has 0 bridgehead atoms. The molecule has 31 heavy (non-hydrogen) atoms. The maximum atomic E-state index is 14.8. The number of hydrogen-bond donors (Lipinski definition) is 2. The Bertz CT molecular complexity index is 1090. The van der Waals surface area contributed by atoms with Crippen molar-refractivity contribution in [1.29, 1.82) is 0 Å².